The van der Waals surface area contributed by atoms with Crippen LogP contribution in [0.15, 0.2) is 48.5 Å². The lowest BCUT2D eigenvalue weighted by atomic mass is 9.85. The van der Waals surface area contributed by atoms with Gasteiger partial charge in [0.2, 0.25) is 0 Å². The average molecular weight is 444 g/mol. The minimum atomic E-state index is -0.576. The number of benzene rings is 2. The minimum absolute atomic E-state index is 0.163. The molecule has 1 aliphatic carbocycles. The Bertz CT molecular complexity index is 860. The number of nitrogens with one attached hydrogen (secondary N) is 1. The molecular formula is C25H30ClNO4. The fourth-order valence-electron chi connectivity index (χ4n) is 3.94. The van der Waals surface area contributed by atoms with E-state index in [9.17, 15) is 9.59 Å². The number of carbonyl (C=O) groups excluding carboxylic acids is 2. The van der Waals surface area contributed by atoms with Gasteiger partial charge in [-0.3, -0.25) is 4.79 Å². The lowest BCUT2D eigenvalue weighted by molar-refractivity contribution is -0.154. The maximum Gasteiger partial charge on any atom is 0.347 e. The highest BCUT2D eigenvalue weighted by Gasteiger charge is 2.32. The Hall–Kier alpha value is -2.53. The third kappa shape index (κ3) is 6.47. The Morgan fingerprint density at radius 3 is 2.29 bits per heavy atom. The standard InChI is InChI=1S/C25H30ClNO4/c1-3-30-25(29)23(19-7-5-4-6-8-19)31-22-15-11-18(12-16-22)17(2)27-24(28)20-9-13-21(26)14-10-20/h9-17,19,23H,3-8H2,1-2H3,(H,27,28). The van der Waals surface area contributed by atoms with Gasteiger partial charge in [0.1, 0.15) is 5.75 Å². The molecule has 1 aliphatic rings. The van der Waals surface area contributed by atoms with Gasteiger partial charge < -0.3 is 14.8 Å². The largest absolute Gasteiger partial charge is 0.478 e. The lowest BCUT2D eigenvalue weighted by Crippen LogP contribution is -2.37. The fourth-order valence-corrected chi connectivity index (χ4v) is 4.07. The second-order valence-electron chi connectivity index (χ2n) is 7.96. The van der Waals surface area contributed by atoms with Gasteiger partial charge >= 0.3 is 5.97 Å². The number of carbonyl (C=O) groups is 2. The van der Waals surface area contributed by atoms with E-state index in [1.54, 1.807) is 24.3 Å². The van der Waals surface area contributed by atoms with Crippen molar-refractivity contribution in [1.29, 1.82) is 0 Å². The summed E-state index contributed by atoms with van der Waals surface area (Å²) in [5.41, 5.74) is 1.50. The van der Waals surface area contributed by atoms with Gasteiger partial charge in [0.05, 0.1) is 12.6 Å². The number of rotatable bonds is 8. The lowest BCUT2D eigenvalue weighted by Gasteiger charge is -2.29. The molecule has 0 spiro atoms. The van der Waals surface area contributed by atoms with E-state index in [1.165, 1.54) is 6.42 Å². The normalized spacial score (nSPS) is 16.2. The number of amides is 1. The summed E-state index contributed by atoms with van der Waals surface area (Å²) in [6, 6.07) is 14.1. The first-order valence-corrected chi connectivity index (χ1v) is 11.4. The number of halogens is 1. The van der Waals surface area contributed by atoms with Crippen LogP contribution in [-0.4, -0.2) is 24.6 Å². The number of esters is 1. The average Bonchev–Trinajstić information content (AvgIpc) is 2.79. The predicted molar refractivity (Wildman–Crippen MR) is 121 cm³/mol. The van der Waals surface area contributed by atoms with Crippen molar-refractivity contribution in [2.75, 3.05) is 6.61 Å². The molecule has 0 saturated heterocycles. The summed E-state index contributed by atoms with van der Waals surface area (Å²) in [5.74, 6) is 0.361. The molecule has 2 aromatic rings. The number of ether oxygens (including phenoxy) is 2. The first-order valence-electron chi connectivity index (χ1n) is 11.0. The molecule has 3 rings (SSSR count). The van der Waals surface area contributed by atoms with Gasteiger partial charge in [-0.05, 0) is 68.7 Å². The zero-order chi connectivity index (χ0) is 22.2. The maximum atomic E-state index is 12.5. The first-order chi connectivity index (χ1) is 15.0. The molecule has 31 heavy (non-hydrogen) atoms. The molecule has 166 valence electrons. The summed E-state index contributed by atoms with van der Waals surface area (Å²) in [4.78, 5) is 24.9. The second-order valence-corrected chi connectivity index (χ2v) is 8.40. The summed E-state index contributed by atoms with van der Waals surface area (Å²) in [5, 5.41) is 3.57. The van der Waals surface area contributed by atoms with E-state index in [0.29, 0.717) is 22.9 Å². The highest BCUT2D eigenvalue weighted by Crippen LogP contribution is 2.30. The molecule has 0 aromatic heterocycles. The topological polar surface area (TPSA) is 64.6 Å². The van der Waals surface area contributed by atoms with Gasteiger partial charge in [-0.25, -0.2) is 4.79 Å². The van der Waals surface area contributed by atoms with Crippen molar-refractivity contribution in [3.05, 3.63) is 64.7 Å². The van der Waals surface area contributed by atoms with Crippen molar-refractivity contribution in [1.82, 2.24) is 5.32 Å². The maximum absolute atomic E-state index is 12.5. The summed E-state index contributed by atoms with van der Waals surface area (Å²) < 4.78 is 11.4. The van der Waals surface area contributed by atoms with E-state index < -0.39 is 6.10 Å². The van der Waals surface area contributed by atoms with E-state index in [-0.39, 0.29) is 23.8 Å². The van der Waals surface area contributed by atoms with Crippen molar-refractivity contribution >= 4 is 23.5 Å². The molecule has 1 fully saturated rings. The summed E-state index contributed by atoms with van der Waals surface area (Å²) in [6.07, 6.45) is 4.83. The molecule has 2 atom stereocenters. The molecule has 0 bridgehead atoms. The van der Waals surface area contributed by atoms with Crippen LogP contribution in [0, 0.1) is 5.92 Å². The Kier molecular flexibility index (Phi) is 8.35. The van der Waals surface area contributed by atoms with Gasteiger partial charge in [-0.2, -0.15) is 0 Å². The molecular weight excluding hydrogens is 414 g/mol. The zero-order valence-electron chi connectivity index (χ0n) is 18.1. The quantitative estimate of drug-likeness (QED) is 0.530. The van der Waals surface area contributed by atoms with Crippen LogP contribution in [0.4, 0.5) is 0 Å². The molecule has 0 heterocycles. The Balaban J connectivity index is 1.63. The molecule has 2 aromatic carbocycles. The molecule has 0 aliphatic heterocycles. The van der Waals surface area contributed by atoms with Crippen molar-refractivity contribution in [3.63, 3.8) is 0 Å². The van der Waals surface area contributed by atoms with Crippen molar-refractivity contribution in [2.45, 2.75) is 58.1 Å². The number of hydrogen-bond acceptors (Lipinski definition) is 4. The van der Waals surface area contributed by atoms with Crippen LogP contribution in [0.5, 0.6) is 5.75 Å². The van der Waals surface area contributed by atoms with Crippen LogP contribution in [0.1, 0.15) is 67.9 Å². The van der Waals surface area contributed by atoms with Crippen LogP contribution < -0.4 is 10.1 Å². The zero-order valence-corrected chi connectivity index (χ0v) is 18.9. The Morgan fingerprint density at radius 2 is 1.68 bits per heavy atom. The fraction of sp³-hybridized carbons (Fsp3) is 0.440. The van der Waals surface area contributed by atoms with Crippen LogP contribution in [-0.2, 0) is 9.53 Å². The van der Waals surface area contributed by atoms with E-state index >= 15 is 0 Å². The molecule has 1 saturated carbocycles. The summed E-state index contributed by atoms with van der Waals surface area (Å²) in [6.45, 7) is 4.08. The summed E-state index contributed by atoms with van der Waals surface area (Å²) >= 11 is 5.88. The van der Waals surface area contributed by atoms with Crippen LogP contribution in [0.25, 0.3) is 0 Å². The predicted octanol–water partition coefficient (Wildman–Crippen LogP) is 5.72. The van der Waals surface area contributed by atoms with Gasteiger partial charge in [0.25, 0.3) is 5.91 Å². The molecule has 6 heteroatoms. The third-order valence-electron chi connectivity index (χ3n) is 5.69. The minimum Gasteiger partial charge on any atom is -0.478 e. The molecule has 5 nitrogen and oxygen atoms in total. The molecule has 0 radical (unpaired) electrons. The van der Waals surface area contributed by atoms with Crippen LogP contribution >= 0.6 is 11.6 Å². The second kappa shape index (κ2) is 11.2. The van der Waals surface area contributed by atoms with Crippen molar-refractivity contribution < 1.29 is 19.1 Å². The van der Waals surface area contributed by atoms with Crippen molar-refractivity contribution in [2.24, 2.45) is 5.92 Å². The molecule has 1 N–H and O–H groups in total. The molecule has 2 unspecified atom stereocenters. The monoisotopic (exact) mass is 443 g/mol. The highest BCUT2D eigenvalue weighted by atomic mass is 35.5. The number of hydrogen-bond donors (Lipinski definition) is 1. The summed E-state index contributed by atoms with van der Waals surface area (Å²) in [7, 11) is 0. The van der Waals surface area contributed by atoms with Crippen LogP contribution in [0.2, 0.25) is 5.02 Å². The van der Waals surface area contributed by atoms with Gasteiger partial charge in [-0.15, -0.1) is 0 Å². The highest BCUT2D eigenvalue weighted by molar-refractivity contribution is 6.30. The van der Waals surface area contributed by atoms with Crippen molar-refractivity contribution in [3.8, 4) is 5.75 Å². The molecule has 1 amide bonds. The van der Waals surface area contributed by atoms with Gasteiger partial charge in [0.15, 0.2) is 6.10 Å². The van der Waals surface area contributed by atoms with Crippen LogP contribution in [0.3, 0.4) is 0 Å². The Morgan fingerprint density at radius 1 is 1.03 bits per heavy atom. The van der Waals surface area contributed by atoms with Gasteiger partial charge in [0, 0.05) is 16.5 Å². The van der Waals surface area contributed by atoms with E-state index in [1.807, 2.05) is 38.1 Å². The van der Waals surface area contributed by atoms with E-state index in [0.717, 1.165) is 31.2 Å². The Labute approximate surface area is 189 Å². The first kappa shape index (κ1) is 23.1. The van der Waals surface area contributed by atoms with Gasteiger partial charge in [-0.1, -0.05) is 43.0 Å². The smallest absolute Gasteiger partial charge is 0.347 e. The van der Waals surface area contributed by atoms with E-state index in [4.69, 9.17) is 21.1 Å². The van der Waals surface area contributed by atoms with E-state index in [2.05, 4.69) is 5.32 Å². The SMILES string of the molecule is CCOC(=O)C(Oc1ccc(C(C)NC(=O)c2ccc(Cl)cc2)cc1)C1CCCCC1. The third-order valence-corrected chi connectivity index (χ3v) is 5.95.